The molecule has 1 aromatic rings. The third kappa shape index (κ3) is 4.24. The molecule has 1 amide bonds. The van der Waals surface area contributed by atoms with Crippen LogP contribution in [0.4, 0.5) is 0 Å². The van der Waals surface area contributed by atoms with Crippen molar-refractivity contribution in [1.82, 2.24) is 5.32 Å². The highest BCUT2D eigenvalue weighted by atomic mass is 35.5. The summed E-state index contributed by atoms with van der Waals surface area (Å²) < 4.78 is 5.06. The van der Waals surface area contributed by atoms with E-state index in [4.69, 9.17) is 16.3 Å². The molecule has 0 bridgehead atoms. The topological polar surface area (TPSA) is 38.3 Å². The Morgan fingerprint density at radius 2 is 2.25 bits per heavy atom. The fraction of sp³-hybridized carbons (Fsp3) is 0.250. The predicted octanol–water partition coefficient (Wildman–Crippen LogP) is 1.84. The third-order valence-electron chi connectivity index (χ3n) is 1.77. The monoisotopic (exact) mass is 237 g/mol. The van der Waals surface area contributed by atoms with Gasteiger partial charge in [0, 0.05) is 17.5 Å². The summed E-state index contributed by atoms with van der Waals surface area (Å²) >= 11 is 5.87. The summed E-state index contributed by atoms with van der Waals surface area (Å²) in [5, 5.41) is 3.15. The Labute approximate surface area is 99.7 Å². The lowest BCUT2D eigenvalue weighted by molar-refractivity contribution is -0.118. The molecule has 0 atom stereocenters. The molecule has 1 N–H and O–H groups in total. The van der Waals surface area contributed by atoms with Crippen LogP contribution in [0.5, 0.6) is 5.75 Å². The molecule has 0 unspecified atom stereocenters. The number of nitrogens with one attached hydrogen (secondary N) is 1. The Bertz CT molecular complexity index is 446. The van der Waals surface area contributed by atoms with Crippen molar-refractivity contribution >= 4 is 17.5 Å². The van der Waals surface area contributed by atoms with Gasteiger partial charge in [0.1, 0.15) is 5.75 Å². The van der Waals surface area contributed by atoms with E-state index < -0.39 is 0 Å². The molecule has 1 aromatic carbocycles. The number of carbonyl (C=O) groups is 1. The lowest BCUT2D eigenvalue weighted by Crippen LogP contribution is -2.19. The summed E-state index contributed by atoms with van der Waals surface area (Å²) in [5.74, 6) is 6.27. The van der Waals surface area contributed by atoms with Gasteiger partial charge in [-0.2, -0.15) is 0 Å². The van der Waals surface area contributed by atoms with Crippen LogP contribution >= 0.6 is 11.6 Å². The van der Waals surface area contributed by atoms with E-state index in [2.05, 4.69) is 17.2 Å². The van der Waals surface area contributed by atoms with Gasteiger partial charge in [-0.05, 0) is 18.2 Å². The average molecular weight is 238 g/mol. The van der Waals surface area contributed by atoms with Crippen molar-refractivity contribution in [3.63, 3.8) is 0 Å². The van der Waals surface area contributed by atoms with Gasteiger partial charge in [0.15, 0.2) is 0 Å². The standard InChI is InChI=1S/C12H12ClNO2/c1-9(15)14-5-3-4-10-6-11(13)8-12(7-10)16-2/h6-8H,5H2,1-2H3,(H,14,15). The quantitative estimate of drug-likeness (QED) is 0.797. The molecule has 16 heavy (non-hydrogen) atoms. The van der Waals surface area contributed by atoms with E-state index in [1.165, 1.54) is 6.92 Å². The van der Waals surface area contributed by atoms with E-state index >= 15 is 0 Å². The maximum Gasteiger partial charge on any atom is 0.217 e. The Morgan fingerprint density at radius 1 is 1.50 bits per heavy atom. The minimum absolute atomic E-state index is 0.0991. The number of amides is 1. The second kappa shape index (κ2) is 6.04. The zero-order valence-electron chi connectivity index (χ0n) is 9.13. The van der Waals surface area contributed by atoms with Crippen molar-refractivity contribution in [3.8, 4) is 17.6 Å². The second-order valence-electron chi connectivity index (χ2n) is 3.09. The van der Waals surface area contributed by atoms with Crippen molar-refractivity contribution < 1.29 is 9.53 Å². The van der Waals surface area contributed by atoms with Crippen molar-refractivity contribution in [2.24, 2.45) is 0 Å². The number of halogens is 1. The fourth-order valence-electron chi connectivity index (χ4n) is 1.07. The molecule has 0 saturated carbocycles. The number of benzene rings is 1. The molecule has 0 fully saturated rings. The third-order valence-corrected chi connectivity index (χ3v) is 1.98. The van der Waals surface area contributed by atoms with Crippen LogP contribution in [0.3, 0.4) is 0 Å². The Balaban J connectivity index is 2.72. The number of ether oxygens (including phenoxy) is 1. The molecule has 0 aliphatic carbocycles. The van der Waals surface area contributed by atoms with Crippen LogP contribution in [0, 0.1) is 11.8 Å². The Morgan fingerprint density at radius 3 is 2.88 bits per heavy atom. The van der Waals surface area contributed by atoms with Crippen LogP contribution in [0.25, 0.3) is 0 Å². The largest absolute Gasteiger partial charge is 0.497 e. The molecule has 1 rings (SSSR count). The first-order valence-corrected chi connectivity index (χ1v) is 5.07. The van der Waals surface area contributed by atoms with Crippen LogP contribution < -0.4 is 10.1 Å². The van der Waals surface area contributed by atoms with E-state index in [0.717, 1.165) is 5.56 Å². The first-order valence-electron chi connectivity index (χ1n) is 4.69. The highest BCUT2D eigenvalue weighted by molar-refractivity contribution is 6.30. The van der Waals surface area contributed by atoms with Crippen molar-refractivity contribution in [2.75, 3.05) is 13.7 Å². The van der Waals surface area contributed by atoms with Gasteiger partial charge in [0.25, 0.3) is 0 Å². The van der Waals surface area contributed by atoms with E-state index in [1.54, 1.807) is 25.3 Å². The molecule has 84 valence electrons. The SMILES string of the molecule is COc1cc(Cl)cc(C#CCNC(C)=O)c1. The lowest BCUT2D eigenvalue weighted by atomic mass is 10.2. The summed E-state index contributed by atoms with van der Waals surface area (Å²) in [6, 6.07) is 5.23. The first-order chi connectivity index (χ1) is 7.61. The molecule has 3 nitrogen and oxygen atoms in total. The minimum Gasteiger partial charge on any atom is -0.497 e. The Hall–Kier alpha value is -1.66. The highest BCUT2D eigenvalue weighted by Gasteiger charge is 1.96. The first kappa shape index (κ1) is 12.4. The molecule has 4 heteroatoms. The molecule has 0 radical (unpaired) electrons. The highest BCUT2D eigenvalue weighted by Crippen LogP contribution is 2.19. The van der Waals surface area contributed by atoms with Gasteiger partial charge >= 0.3 is 0 Å². The lowest BCUT2D eigenvalue weighted by Gasteiger charge is -2.00. The summed E-state index contributed by atoms with van der Waals surface area (Å²) in [6.07, 6.45) is 0. The van der Waals surface area contributed by atoms with Crippen LogP contribution in [0.1, 0.15) is 12.5 Å². The predicted molar refractivity (Wildman–Crippen MR) is 63.6 cm³/mol. The van der Waals surface area contributed by atoms with Gasteiger partial charge in [-0.25, -0.2) is 0 Å². The van der Waals surface area contributed by atoms with E-state index in [-0.39, 0.29) is 5.91 Å². The molecule has 0 spiro atoms. The Kier molecular flexibility index (Phi) is 4.68. The van der Waals surface area contributed by atoms with Crippen LogP contribution in [0.15, 0.2) is 18.2 Å². The summed E-state index contributed by atoms with van der Waals surface area (Å²) in [5.41, 5.74) is 0.759. The number of methoxy groups -OCH3 is 1. The van der Waals surface area contributed by atoms with Gasteiger partial charge in [0.05, 0.1) is 13.7 Å². The van der Waals surface area contributed by atoms with Crippen molar-refractivity contribution in [2.45, 2.75) is 6.92 Å². The van der Waals surface area contributed by atoms with Gasteiger partial charge < -0.3 is 10.1 Å². The summed E-state index contributed by atoms with van der Waals surface area (Å²) in [4.78, 5) is 10.6. The number of rotatable bonds is 2. The molecule has 0 saturated heterocycles. The van der Waals surface area contributed by atoms with E-state index in [0.29, 0.717) is 17.3 Å². The van der Waals surface area contributed by atoms with Crippen LogP contribution in [-0.4, -0.2) is 19.6 Å². The molecule has 0 aliphatic rings. The second-order valence-corrected chi connectivity index (χ2v) is 3.53. The molecule has 0 aromatic heterocycles. The van der Waals surface area contributed by atoms with Gasteiger partial charge in [-0.1, -0.05) is 23.4 Å². The van der Waals surface area contributed by atoms with Crippen LogP contribution in [0.2, 0.25) is 5.02 Å². The summed E-state index contributed by atoms with van der Waals surface area (Å²) in [7, 11) is 1.57. The summed E-state index contributed by atoms with van der Waals surface area (Å²) in [6.45, 7) is 1.77. The van der Waals surface area contributed by atoms with Crippen molar-refractivity contribution in [3.05, 3.63) is 28.8 Å². The number of carbonyl (C=O) groups excluding carboxylic acids is 1. The molecular weight excluding hydrogens is 226 g/mol. The normalized spacial score (nSPS) is 8.94. The van der Waals surface area contributed by atoms with Gasteiger partial charge in [0.2, 0.25) is 5.91 Å². The van der Waals surface area contributed by atoms with E-state index in [1.807, 2.05) is 0 Å². The maximum absolute atomic E-state index is 10.6. The van der Waals surface area contributed by atoms with Gasteiger partial charge in [-0.3, -0.25) is 4.79 Å². The van der Waals surface area contributed by atoms with Crippen LogP contribution in [-0.2, 0) is 4.79 Å². The number of hydrogen-bond donors (Lipinski definition) is 1. The van der Waals surface area contributed by atoms with Gasteiger partial charge in [-0.15, -0.1) is 0 Å². The smallest absolute Gasteiger partial charge is 0.217 e. The zero-order chi connectivity index (χ0) is 12.0. The zero-order valence-corrected chi connectivity index (χ0v) is 9.89. The number of hydrogen-bond acceptors (Lipinski definition) is 2. The average Bonchev–Trinajstić information content (AvgIpc) is 2.23. The van der Waals surface area contributed by atoms with E-state index in [9.17, 15) is 4.79 Å². The molecular formula is C12H12ClNO2. The minimum atomic E-state index is -0.0991. The van der Waals surface area contributed by atoms with Crippen molar-refractivity contribution in [1.29, 1.82) is 0 Å². The fourth-order valence-corrected chi connectivity index (χ4v) is 1.29. The molecule has 0 heterocycles. The molecule has 0 aliphatic heterocycles. The maximum atomic E-state index is 10.6.